The van der Waals surface area contributed by atoms with Crippen LogP contribution in [0.5, 0.6) is 0 Å². The fraction of sp³-hybridized carbons (Fsp3) is 0.267. The summed E-state index contributed by atoms with van der Waals surface area (Å²) in [6.07, 6.45) is 1.44. The van der Waals surface area contributed by atoms with E-state index in [2.05, 4.69) is 16.7 Å². The van der Waals surface area contributed by atoms with Crippen molar-refractivity contribution >= 4 is 29.2 Å². The van der Waals surface area contributed by atoms with Gasteiger partial charge in [0.25, 0.3) is 0 Å². The number of benzene rings is 1. The number of aliphatic carboxylic acids is 1. The van der Waals surface area contributed by atoms with E-state index in [1.54, 1.807) is 0 Å². The fourth-order valence-electron chi connectivity index (χ4n) is 2.38. The van der Waals surface area contributed by atoms with E-state index in [0.29, 0.717) is 11.4 Å². The largest absolute Gasteiger partial charge is 0.478 e. The summed E-state index contributed by atoms with van der Waals surface area (Å²) in [7, 11) is 0. The van der Waals surface area contributed by atoms with Crippen molar-refractivity contribution < 1.29 is 18.8 Å². The van der Waals surface area contributed by atoms with Crippen LogP contribution in [0.25, 0.3) is 0 Å². The Morgan fingerprint density at radius 1 is 1.39 bits per heavy atom. The number of rotatable bonds is 5. The lowest BCUT2D eigenvalue weighted by atomic mass is 9.95. The van der Waals surface area contributed by atoms with Crippen LogP contribution in [0.2, 0.25) is 10.0 Å². The summed E-state index contributed by atoms with van der Waals surface area (Å²) in [4.78, 5) is 15.0. The van der Waals surface area contributed by atoms with Crippen molar-refractivity contribution in [2.75, 3.05) is 0 Å². The van der Waals surface area contributed by atoms with Gasteiger partial charge in [-0.05, 0) is 30.5 Å². The van der Waals surface area contributed by atoms with Crippen LogP contribution in [0, 0.1) is 5.82 Å². The smallest absolute Gasteiger partial charge is 0.331 e. The van der Waals surface area contributed by atoms with Crippen molar-refractivity contribution in [1.82, 2.24) is 10.1 Å². The van der Waals surface area contributed by atoms with Crippen LogP contribution in [0.15, 0.2) is 28.8 Å². The van der Waals surface area contributed by atoms with Gasteiger partial charge in [-0.2, -0.15) is 4.98 Å². The summed E-state index contributed by atoms with van der Waals surface area (Å²) in [5.74, 6) is -1.22. The van der Waals surface area contributed by atoms with Crippen molar-refractivity contribution in [1.29, 1.82) is 0 Å². The van der Waals surface area contributed by atoms with E-state index < -0.39 is 17.2 Å². The molecule has 0 amide bonds. The number of hydrogen-bond donors (Lipinski definition) is 1. The van der Waals surface area contributed by atoms with Crippen molar-refractivity contribution in [2.45, 2.75) is 24.7 Å². The normalized spacial score (nSPS) is 15.4. The number of nitrogens with zero attached hydrogens (tertiary/aromatic N) is 2. The molecule has 23 heavy (non-hydrogen) atoms. The topological polar surface area (TPSA) is 76.2 Å². The first-order valence-electron chi connectivity index (χ1n) is 6.72. The van der Waals surface area contributed by atoms with E-state index in [4.69, 9.17) is 32.8 Å². The third-order valence-electron chi connectivity index (χ3n) is 3.85. The Morgan fingerprint density at radius 3 is 2.52 bits per heavy atom. The third kappa shape index (κ3) is 2.84. The molecular formula is C15H11Cl2FN2O3. The Bertz CT molecular complexity index is 792. The zero-order valence-electron chi connectivity index (χ0n) is 11.8. The summed E-state index contributed by atoms with van der Waals surface area (Å²) >= 11 is 11.7. The van der Waals surface area contributed by atoms with Gasteiger partial charge in [-0.15, -0.1) is 0 Å². The maximum Gasteiger partial charge on any atom is 0.331 e. The first-order valence-corrected chi connectivity index (χ1v) is 7.48. The highest BCUT2D eigenvalue weighted by Crippen LogP contribution is 2.53. The first kappa shape index (κ1) is 16.0. The van der Waals surface area contributed by atoms with Gasteiger partial charge in [0.05, 0.1) is 21.9 Å². The maximum atomic E-state index is 13.6. The third-order valence-corrected chi connectivity index (χ3v) is 4.40. The lowest BCUT2D eigenvalue weighted by Crippen LogP contribution is -2.11. The number of carbonyl (C=O) groups is 1. The molecule has 1 aromatic heterocycles. The van der Waals surface area contributed by atoms with E-state index >= 15 is 0 Å². The summed E-state index contributed by atoms with van der Waals surface area (Å²) in [6, 6.07) is 3.00. The highest BCUT2D eigenvalue weighted by atomic mass is 35.5. The van der Waals surface area contributed by atoms with Gasteiger partial charge in [-0.1, -0.05) is 34.9 Å². The molecule has 0 atom stereocenters. The van der Waals surface area contributed by atoms with E-state index in [0.717, 1.165) is 12.8 Å². The van der Waals surface area contributed by atoms with Gasteiger partial charge in [-0.25, -0.2) is 9.18 Å². The molecule has 1 aliphatic carbocycles. The molecule has 1 N–H and O–H groups in total. The zero-order chi connectivity index (χ0) is 16.8. The molecule has 0 saturated heterocycles. The van der Waals surface area contributed by atoms with Crippen LogP contribution >= 0.6 is 23.2 Å². The molecule has 1 aliphatic rings. The molecule has 120 valence electrons. The quantitative estimate of drug-likeness (QED) is 0.651. The molecular weight excluding hydrogens is 346 g/mol. The first-order chi connectivity index (χ1) is 10.8. The van der Waals surface area contributed by atoms with Gasteiger partial charge in [0, 0.05) is 5.57 Å². The summed E-state index contributed by atoms with van der Waals surface area (Å²) < 4.78 is 18.7. The van der Waals surface area contributed by atoms with Gasteiger partial charge in [-0.3, -0.25) is 0 Å². The van der Waals surface area contributed by atoms with Crippen LogP contribution in [-0.2, 0) is 16.6 Å². The van der Waals surface area contributed by atoms with E-state index in [-0.39, 0.29) is 27.9 Å². The van der Waals surface area contributed by atoms with Gasteiger partial charge in [0.2, 0.25) is 5.89 Å². The Labute approximate surface area is 140 Å². The van der Waals surface area contributed by atoms with E-state index in [9.17, 15) is 9.18 Å². The molecule has 0 bridgehead atoms. The second kappa shape index (κ2) is 5.62. The summed E-state index contributed by atoms with van der Waals surface area (Å²) in [5, 5.41) is 12.6. The highest BCUT2D eigenvalue weighted by Gasteiger charge is 2.50. The van der Waals surface area contributed by atoms with E-state index in [1.807, 2.05) is 0 Å². The minimum atomic E-state index is -1.12. The summed E-state index contributed by atoms with van der Waals surface area (Å²) in [5.41, 5.74) is 0.143. The molecule has 1 heterocycles. The number of aromatic nitrogens is 2. The number of hydrogen-bond acceptors (Lipinski definition) is 4. The fourth-order valence-corrected chi connectivity index (χ4v) is 2.86. The molecule has 0 unspecified atom stereocenters. The predicted molar refractivity (Wildman–Crippen MR) is 81.2 cm³/mol. The van der Waals surface area contributed by atoms with E-state index in [1.165, 1.54) is 12.1 Å². The van der Waals surface area contributed by atoms with Crippen LogP contribution in [0.1, 0.15) is 30.1 Å². The van der Waals surface area contributed by atoms with Crippen molar-refractivity contribution in [2.24, 2.45) is 0 Å². The van der Waals surface area contributed by atoms with Crippen LogP contribution in [0.3, 0.4) is 0 Å². The van der Waals surface area contributed by atoms with Gasteiger partial charge >= 0.3 is 5.97 Å². The average Bonchev–Trinajstić information content (AvgIpc) is 3.18. The zero-order valence-corrected chi connectivity index (χ0v) is 13.3. The number of carboxylic acids is 1. The molecule has 1 saturated carbocycles. The Balaban J connectivity index is 1.91. The monoisotopic (exact) mass is 356 g/mol. The molecule has 1 aromatic carbocycles. The molecule has 0 radical (unpaired) electrons. The molecule has 8 heteroatoms. The lowest BCUT2D eigenvalue weighted by Gasteiger charge is -2.12. The van der Waals surface area contributed by atoms with Gasteiger partial charge in [0.15, 0.2) is 11.6 Å². The Morgan fingerprint density at radius 2 is 2.00 bits per heavy atom. The van der Waals surface area contributed by atoms with Crippen molar-refractivity contribution in [3.8, 4) is 0 Å². The minimum Gasteiger partial charge on any atom is -0.478 e. The highest BCUT2D eigenvalue weighted by molar-refractivity contribution is 6.35. The number of halogens is 3. The van der Waals surface area contributed by atoms with Crippen molar-refractivity contribution in [3.63, 3.8) is 0 Å². The van der Waals surface area contributed by atoms with Gasteiger partial charge in [0.1, 0.15) is 0 Å². The lowest BCUT2D eigenvalue weighted by molar-refractivity contribution is -0.132. The molecule has 2 aromatic rings. The maximum absolute atomic E-state index is 13.6. The molecule has 1 fully saturated rings. The predicted octanol–water partition coefficient (Wildman–Crippen LogP) is 3.78. The van der Waals surface area contributed by atoms with Gasteiger partial charge < -0.3 is 9.63 Å². The van der Waals surface area contributed by atoms with Crippen LogP contribution in [-0.4, -0.2) is 21.2 Å². The SMILES string of the molecule is C=C(Cc1nc(C2(c3cc(Cl)c(F)c(Cl)c3)CC2)no1)C(=O)O. The molecule has 0 spiro atoms. The molecule has 0 aliphatic heterocycles. The number of carboxylic acid groups (broad SMARTS) is 1. The summed E-state index contributed by atoms with van der Waals surface area (Å²) in [6.45, 7) is 3.42. The Hall–Kier alpha value is -1.92. The standard InChI is InChI=1S/C15H11Cl2FN2O3/c1-7(13(21)22)4-11-19-14(20-23-11)15(2-3-15)8-5-9(16)12(18)10(17)6-8/h5-6H,1-4H2,(H,21,22). The average molecular weight is 357 g/mol. The minimum absolute atomic E-state index is 0.0383. The van der Waals surface area contributed by atoms with Crippen LogP contribution in [0.4, 0.5) is 4.39 Å². The second-order valence-corrected chi connectivity index (χ2v) is 6.25. The van der Waals surface area contributed by atoms with Crippen LogP contribution < -0.4 is 0 Å². The Kier molecular flexibility index (Phi) is 3.90. The second-order valence-electron chi connectivity index (χ2n) is 5.43. The molecule has 3 rings (SSSR count). The van der Waals surface area contributed by atoms with Crippen molar-refractivity contribution in [3.05, 3.63) is 57.4 Å². The molecule has 5 nitrogen and oxygen atoms in total.